The fraction of sp³-hybridized carbons (Fsp3) is 0.562. The molecule has 2 saturated heterocycles. The van der Waals surface area contributed by atoms with Gasteiger partial charge in [0.15, 0.2) is 0 Å². The van der Waals surface area contributed by atoms with Crippen LogP contribution in [0.5, 0.6) is 11.8 Å². The van der Waals surface area contributed by atoms with Crippen LogP contribution in [0.2, 0.25) is 0 Å². The van der Waals surface area contributed by atoms with Crippen LogP contribution in [-0.4, -0.2) is 96.3 Å². The van der Waals surface area contributed by atoms with E-state index in [-0.39, 0.29) is 18.4 Å². The smallest absolute Gasteiger partial charge is 0.318 e. The quantitative estimate of drug-likeness (QED) is 0.443. The van der Waals surface area contributed by atoms with Crippen LogP contribution >= 0.6 is 0 Å². The van der Waals surface area contributed by atoms with Gasteiger partial charge in [-0.1, -0.05) is 25.6 Å². The highest BCUT2D eigenvalue weighted by atomic mass is 16.5. The Balaban J connectivity index is 1.29. The molecular formula is C32H41N7O3. The molecule has 1 aromatic heterocycles. The fourth-order valence-electron chi connectivity index (χ4n) is 7.12. The number of fused-ring (bicyclic) bond motifs is 2. The lowest BCUT2D eigenvalue weighted by atomic mass is 9.90. The summed E-state index contributed by atoms with van der Waals surface area (Å²) in [5.41, 5.74) is 3.34. The summed E-state index contributed by atoms with van der Waals surface area (Å²) < 4.78 is 12.3. The van der Waals surface area contributed by atoms with E-state index >= 15 is 0 Å². The maximum atomic E-state index is 12.5. The third-order valence-electron chi connectivity index (χ3n) is 9.29. The van der Waals surface area contributed by atoms with Gasteiger partial charge in [-0.2, -0.15) is 15.2 Å². The van der Waals surface area contributed by atoms with E-state index in [0.29, 0.717) is 50.9 Å². The first-order valence-electron chi connectivity index (χ1n) is 15.4. The zero-order chi connectivity index (χ0) is 29.1. The molecule has 6 rings (SSSR count). The number of amides is 1. The topological polar surface area (TPSA) is 98.1 Å². The molecule has 10 nitrogen and oxygen atoms in total. The number of likely N-dealkylation sites (N-methyl/N-ethyl adjacent to an activating group) is 1. The van der Waals surface area contributed by atoms with Crippen molar-refractivity contribution in [1.29, 1.82) is 5.26 Å². The molecular weight excluding hydrogens is 530 g/mol. The van der Waals surface area contributed by atoms with Gasteiger partial charge in [0, 0.05) is 43.7 Å². The number of aromatic nitrogens is 2. The first-order valence-corrected chi connectivity index (χ1v) is 15.4. The molecule has 4 aliphatic rings. The number of rotatable bonds is 8. The lowest BCUT2D eigenvalue weighted by Crippen LogP contribution is -2.55. The number of carbonyl (C=O) groups is 1. The first kappa shape index (κ1) is 28.3. The molecule has 3 atom stereocenters. The number of nitriles is 1. The maximum absolute atomic E-state index is 12.5. The van der Waals surface area contributed by atoms with Gasteiger partial charge in [-0.3, -0.25) is 9.69 Å². The number of nitrogens with zero attached hydrogens (tertiary/aromatic N) is 7. The summed E-state index contributed by atoms with van der Waals surface area (Å²) in [4.78, 5) is 31.5. The second-order valence-electron chi connectivity index (χ2n) is 11.6. The largest absolute Gasteiger partial charge is 0.490 e. The second kappa shape index (κ2) is 12.6. The SMILES string of the molecule is C=CC(=O)N1CCN(c2nc(OCC3CCCN3CC)nc3c2CCC(N2CCOc4ccccc42)C3)CC1CC#N. The Hall–Kier alpha value is -3.84. The van der Waals surface area contributed by atoms with Crippen LogP contribution in [0.15, 0.2) is 36.9 Å². The summed E-state index contributed by atoms with van der Waals surface area (Å²) in [6, 6.07) is 11.4. The summed E-state index contributed by atoms with van der Waals surface area (Å²) >= 11 is 0. The number of hydrogen-bond donors (Lipinski definition) is 0. The fourth-order valence-corrected chi connectivity index (χ4v) is 7.12. The zero-order valence-corrected chi connectivity index (χ0v) is 24.6. The average Bonchev–Trinajstić information content (AvgIpc) is 3.50. The minimum atomic E-state index is -0.220. The van der Waals surface area contributed by atoms with Gasteiger partial charge in [0.1, 0.15) is 24.8 Å². The lowest BCUT2D eigenvalue weighted by molar-refractivity contribution is -0.128. The van der Waals surface area contributed by atoms with E-state index in [9.17, 15) is 10.1 Å². The summed E-state index contributed by atoms with van der Waals surface area (Å²) in [5.74, 6) is 1.70. The van der Waals surface area contributed by atoms with Crippen LogP contribution in [0, 0.1) is 11.3 Å². The van der Waals surface area contributed by atoms with Gasteiger partial charge in [0.25, 0.3) is 0 Å². The van der Waals surface area contributed by atoms with Crippen molar-refractivity contribution >= 4 is 17.4 Å². The predicted octanol–water partition coefficient (Wildman–Crippen LogP) is 3.21. The molecule has 4 heterocycles. The minimum Gasteiger partial charge on any atom is -0.490 e. The highest BCUT2D eigenvalue weighted by Crippen LogP contribution is 2.38. The standard InChI is InChI=1S/C32H41N7O3/c1-3-30(40)39-17-16-37(21-24(39)13-14-33)31-26-12-11-23(38-18-19-41-29-10-6-5-9-28(29)38)20-27(26)34-32(35-31)42-22-25-8-7-15-36(25)4-2/h3,5-6,9-10,23-25H,1,4,7-8,11-13,15-22H2,2H3. The predicted molar refractivity (Wildman–Crippen MR) is 161 cm³/mol. The normalized spacial score (nSPS) is 23.9. The van der Waals surface area contributed by atoms with Crippen LogP contribution < -0.4 is 19.3 Å². The molecule has 3 aliphatic heterocycles. The molecule has 0 radical (unpaired) electrons. The third kappa shape index (κ3) is 5.62. The minimum absolute atomic E-state index is 0.130. The van der Waals surface area contributed by atoms with Crippen molar-refractivity contribution in [3.05, 3.63) is 48.2 Å². The summed E-state index contributed by atoms with van der Waals surface area (Å²) in [5, 5.41) is 9.53. The van der Waals surface area contributed by atoms with E-state index in [1.807, 2.05) is 12.1 Å². The van der Waals surface area contributed by atoms with Gasteiger partial charge in [0.2, 0.25) is 5.91 Å². The van der Waals surface area contributed by atoms with E-state index in [1.165, 1.54) is 12.5 Å². The number of ether oxygens (including phenoxy) is 2. The molecule has 42 heavy (non-hydrogen) atoms. The Bertz CT molecular complexity index is 1340. The van der Waals surface area contributed by atoms with Crippen molar-refractivity contribution in [1.82, 2.24) is 19.8 Å². The van der Waals surface area contributed by atoms with E-state index in [1.54, 1.807) is 4.90 Å². The maximum Gasteiger partial charge on any atom is 0.318 e. The van der Waals surface area contributed by atoms with E-state index in [4.69, 9.17) is 19.4 Å². The molecule has 2 aromatic rings. The number of likely N-dealkylation sites (tertiary alicyclic amines) is 1. The Morgan fingerprint density at radius 1 is 1.19 bits per heavy atom. The van der Waals surface area contributed by atoms with Crippen molar-refractivity contribution < 1.29 is 14.3 Å². The molecule has 1 aromatic carbocycles. The Labute approximate surface area is 248 Å². The molecule has 3 unspecified atom stereocenters. The Kier molecular flexibility index (Phi) is 8.47. The van der Waals surface area contributed by atoms with Gasteiger partial charge in [0.05, 0.1) is 36.5 Å². The third-order valence-corrected chi connectivity index (χ3v) is 9.29. The molecule has 10 heteroatoms. The number of anilines is 2. The van der Waals surface area contributed by atoms with E-state index in [2.05, 4.69) is 46.4 Å². The van der Waals surface area contributed by atoms with Gasteiger partial charge < -0.3 is 24.2 Å². The van der Waals surface area contributed by atoms with Crippen LogP contribution in [0.4, 0.5) is 11.5 Å². The van der Waals surface area contributed by atoms with Crippen LogP contribution in [0.1, 0.15) is 43.9 Å². The first-order chi connectivity index (χ1) is 20.6. The molecule has 0 spiro atoms. The Morgan fingerprint density at radius 3 is 2.90 bits per heavy atom. The molecule has 222 valence electrons. The average molecular weight is 572 g/mol. The van der Waals surface area contributed by atoms with E-state index in [0.717, 1.165) is 73.8 Å². The van der Waals surface area contributed by atoms with Crippen LogP contribution in [0.3, 0.4) is 0 Å². The number of benzene rings is 1. The van der Waals surface area contributed by atoms with Crippen LogP contribution in [0.25, 0.3) is 0 Å². The molecule has 1 amide bonds. The van der Waals surface area contributed by atoms with Crippen molar-refractivity contribution in [2.24, 2.45) is 0 Å². The summed E-state index contributed by atoms with van der Waals surface area (Å²) in [6.45, 7) is 11.8. The highest BCUT2D eigenvalue weighted by molar-refractivity contribution is 5.87. The molecule has 0 N–H and O–H groups in total. The molecule has 0 saturated carbocycles. The van der Waals surface area contributed by atoms with Gasteiger partial charge in [-0.15, -0.1) is 0 Å². The lowest BCUT2D eigenvalue weighted by Gasteiger charge is -2.43. The summed E-state index contributed by atoms with van der Waals surface area (Å²) in [6.07, 6.45) is 6.56. The molecule has 0 bridgehead atoms. The Morgan fingerprint density at radius 2 is 2.07 bits per heavy atom. The van der Waals surface area contributed by atoms with Gasteiger partial charge in [-0.25, -0.2) is 0 Å². The van der Waals surface area contributed by atoms with Crippen LogP contribution in [-0.2, 0) is 17.6 Å². The second-order valence-corrected chi connectivity index (χ2v) is 11.6. The molecule has 1 aliphatic carbocycles. The van der Waals surface area contributed by atoms with Gasteiger partial charge in [-0.05, 0) is 57.0 Å². The number of hydrogen-bond acceptors (Lipinski definition) is 9. The van der Waals surface area contributed by atoms with E-state index < -0.39 is 0 Å². The van der Waals surface area contributed by atoms with Crippen molar-refractivity contribution in [2.45, 2.75) is 63.6 Å². The number of para-hydroxylation sites is 2. The van der Waals surface area contributed by atoms with Crippen molar-refractivity contribution in [3.63, 3.8) is 0 Å². The zero-order valence-electron chi connectivity index (χ0n) is 24.6. The summed E-state index contributed by atoms with van der Waals surface area (Å²) in [7, 11) is 0. The van der Waals surface area contributed by atoms with Crippen molar-refractivity contribution in [3.8, 4) is 17.8 Å². The number of carbonyl (C=O) groups excluding carboxylic acids is 1. The van der Waals surface area contributed by atoms with Gasteiger partial charge >= 0.3 is 6.01 Å². The number of piperazine rings is 1. The monoisotopic (exact) mass is 571 g/mol. The molecule has 2 fully saturated rings. The van der Waals surface area contributed by atoms with Crippen molar-refractivity contribution in [2.75, 3.05) is 62.3 Å². The highest BCUT2D eigenvalue weighted by Gasteiger charge is 2.35.